The summed E-state index contributed by atoms with van der Waals surface area (Å²) >= 11 is 4.86. The zero-order chi connectivity index (χ0) is 21.3. The van der Waals surface area contributed by atoms with Gasteiger partial charge in [-0.25, -0.2) is 6.07 Å². The van der Waals surface area contributed by atoms with Crippen molar-refractivity contribution in [2.24, 2.45) is 10.8 Å². The van der Waals surface area contributed by atoms with Crippen LogP contribution in [0, 0.1) is 29.4 Å². The van der Waals surface area contributed by atoms with E-state index in [4.69, 9.17) is 9.47 Å². The molecule has 0 unspecified atom stereocenters. The van der Waals surface area contributed by atoms with Crippen molar-refractivity contribution >= 4 is 26.7 Å². The molecule has 1 aromatic rings. The Bertz CT molecular complexity index is 766. The molecule has 0 amide bonds. The number of hydrogen-bond acceptors (Lipinski definition) is 2. The van der Waals surface area contributed by atoms with E-state index in [9.17, 15) is 0 Å². The van der Waals surface area contributed by atoms with Crippen LogP contribution in [0.5, 0.6) is 0 Å². The van der Waals surface area contributed by atoms with Gasteiger partial charge in [0.2, 0.25) is 12.5 Å². The van der Waals surface area contributed by atoms with Gasteiger partial charge < -0.3 is 18.6 Å². The fraction of sp³-hybridized carbons (Fsp3) is 0.364. The molecule has 0 radical (unpaired) electrons. The second kappa shape index (κ2) is 8.50. The molecule has 6 heteroatoms. The molecule has 0 aliphatic carbocycles. The molecule has 0 atom stereocenters. The van der Waals surface area contributed by atoms with Crippen LogP contribution in [0.2, 0.25) is 0 Å². The van der Waals surface area contributed by atoms with Crippen molar-refractivity contribution in [3.05, 3.63) is 71.8 Å². The molecule has 0 spiro atoms. The minimum atomic E-state index is -0.0890. The average molecular weight is 626 g/mol. The SMILES string of the molecule is C=[N+]1C=C(C(C)(C)C)O[C-]1c1[c-]c([C-]2OC(C(C)(C)C)=C[N+]2=C)ccc1.[Br][Pt+]. The maximum absolute atomic E-state index is 6.06. The molecule has 0 saturated carbocycles. The van der Waals surface area contributed by atoms with Crippen LogP contribution >= 0.6 is 13.3 Å². The van der Waals surface area contributed by atoms with Crippen LogP contribution in [-0.4, -0.2) is 22.6 Å². The number of halogens is 1. The van der Waals surface area contributed by atoms with E-state index in [-0.39, 0.29) is 10.8 Å². The standard InChI is InChI=1S/C22H27N2O2.BrH.Pt/c1-21(2,3)17-13-23(7)19(25-17)15-10-9-11-16(12-15)20-24(8)14-18(26-20)22(4,5)6;;/h9-11,13-14H,7-8H2,1-6H3;1H;/q-1;;+2/p-1. The molecule has 2 aliphatic heterocycles. The Kier molecular flexibility index (Phi) is 6.94. The molecule has 1 aromatic carbocycles. The Labute approximate surface area is 186 Å². The minimum absolute atomic E-state index is 0.0890. The second-order valence-corrected chi connectivity index (χ2v) is 8.72. The maximum atomic E-state index is 6.06. The summed E-state index contributed by atoms with van der Waals surface area (Å²) in [6, 6.07) is 9.25. The van der Waals surface area contributed by atoms with Gasteiger partial charge in [-0.15, -0.1) is 11.1 Å². The van der Waals surface area contributed by atoms with Gasteiger partial charge in [0.05, 0.1) is 23.9 Å². The normalized spacial score (nSPS) is 16.9. The predicted molar refractivity (Wildman–Crippen MR) is 111 cm³/mol. The van der Waals surface area contributed by atoms with Gasteiger partial charge in [0, 0.05) is 24.3 Å². The van der Waals surface area contributed by atoms with Crippen LogP contribution in [0.15, 0.2) is 42.1 Å². The first kappa shape index (κ1) is 22.8. The van der Waals surface area contributed by atoms with Crippen molar-refractivity contribution in [2.75, 3.05) is 0 Å². The number of benzene rings is 1. The molecule has 28 heavy (non-hydrogen) atoms. The third-order valence-electron chi connectivity index (χ3n) is 4.22. The zero-order valence-corrected chi connectivity index (χ0v) is 21.1. The molecule has 4 nitrogen and oxygen atoms in total. The van der Waals surface area contributed by atoms with E-state index >= 15 is 0 Å². The fourth-order valence-corrected chi connectivity index (χ4v) is 2.61. The van der Waals surface area contributed by atoms with Gasteiger partial charge in [-0.2, -0.15) is 18.2 Å². The van der Waals surface area contributed by atoms with Crippen molar-refractivity contribution in [2.45, 2.75) is 41.5 Å². The van der Waals surface area contributed by atoms with E-state index in [0.717, 1.165) is 22.6 Å². The number of hydrogen-bond donors (Lipinski definition) is 0. The van der Waals surface area contributed by atoms with Crippen molar-refractivity contribution in [1.29, 1.82) is 0 Å². The van der Waals surface area contributed by atoms with Crippen LogP contribution in [-0.2, 0) is 27.2 Å². The zero-order valence-electron chi connectivity index (χ0n) is 17.2. The van der Waals surface area contributed by atoms with E-state index < -0.39 is 0 Å². The number of ether oxygens (including phenoxy) is 2. The van der Waals surface area contributed by atoms with E-state index in [1.165, 1.54) is 0 Å². The predicted octanol–water partition coefficient (Wildman–Crippen LogP) is 5.27. The number of nitrogens with zero attached hydrogens (tertiary/aromatic N) is 2. The quantitative estimate of drug-likeness (QED) is 0.331. The van der Waals surface area contributed by atoms with Crippen molar-refractivity contribution in [3.63, 3.8) is 0 Å². The molecule has 0 bridgehead atoms. The van der Waals surface area contributed by atoms with Crippen molar-refractivity contribution < 1.29 is 36.4 Å². The summed E-state index contributed by atoms with van der Waals surface area (Å²) < 4.78 is 15.6. The van der Waals surface area contributed by atoms with E-state index in [1.807, 2.05) is 48.4 Å². The Morgan fingerprint density at radius 1 is 0.857 bits per heavy atom. The molecule has 0 saturated heterocycles. The molecule has 2 heterocycles. The van der Waals surface area contributed by atoms with Gasteiger partial charge in [-0.3, -0.25) is 0 Å². The van der Waals surface area contributed by atoms with Gasteiger partial charge in [0.1, 0.15) is 0 Å². The summed E-state index contributed by atoms with van der Waals surface area (Å²) in [6.45, 7) is 20.8. The second-order valence-electron chi connectivity index (χ2n) is 8.72. The monoisotopic (exact) mass is 625 g/mol. The van der Waals surface area contributed by atoms with Gasteiger partial charge in [-0.05, 0) is 0 Å². The molecular weight excluding hydrogens is 599 g/mol. The van der Waals surface area contributed by atoms with Gasteiger partial charge >= 0.3 is 31.1 Å². The summed E-state index contributed by atoms with van der Waals surface area (Å²) in [6.07, 6.45) is 5.16. The Balaban J connectivity index is 0.00000136. The van der Waals surface area contributed by atoms with E-state index in [0.29, 0.717) is 12.5 Å². The summed E-state index contributed by atoms with van der Waals surface area (Å²) in [5, 5.41) is 0. The number of rotatable bonds is 2. The van der Waals surface area contributed by atoms with Crippen molar-refractivity contribution in [3.8, 4) is 0 Å². The van der Waals surface area contributed by atoms with Gasteiger partial charge in [0.25, 0.3) is 0 Å². The molecule has 154 valence electrons. The Hall–Kier alpha value is -1.45. The molecule has 0 N–H and O–H groups in total. The first-order valence-corrected chi connectivity index (χ1v) is 13.8. The summed E-state index contributed by atoms with van der Waals surface area (Å²) in [7, 11) is 0. The molecule has 0 fully saturated rings. The molecular formula is C22H27BrN2O2Pt. The topological polar surface area (TPSA) is 24.5 Å². The van der Waals surface area contributed by atoms with Crippen LogP contribution in [0.3, 0.4) is 0 Å². The third-order valence-corrected chi connectivity index (χ3v) is 4.22. The average Bonchev–Trinajstić information content (AvgIpc) is 3.19. The summed E-state index contributed by atoms with van der Waals surface area (Å²) in [5.74, 6) is 1.75. The molecule has 2 aliphatic rings. The van der Waals surface area contributed by atoms with E-state index in [2.05, 4.69) is 74.3 Å². The third kappa shape index (κ3) is 4.93. The molecule has 0 aromatic heterocycles. The fourth-order valence-electron chi connectivity index (χ4n) is 2.61. The Morgan fingerprint density at radius 2 is 1.21 bits per heavy atom. The van der Waals surface area contributed by atoms with Crippen LogP contribution in [0.25, 0.3) is 0 Å². The Morgan fingerprint density at radius 3 is 1.50 bits per heavy atom. The van der Waals surface area contributed by atoms with Crippen LogP contribution in [0.4, 0.5) is 0 Å². The number of allylic oxidation sites excluding steroid dienone is 2. The first-order chi connectivity index (χ1) is 13.0. The first-order valence-electron chi connectivity index (χ1n) is 8.85. The van der Waals surface area contributed by atoms with Gasteiger partial charge in [-0.1, -0.05) is 41.5 Å². The van der Waals surface area contributed by atoms with Crippen molar-refractivity contribution in [1.82, 2.24) is 0 Å². The van der Waals surface area contributed by atoms with E-state index in [1.54, 1.807) is 9.15 Å². The molecule has 3 rings (SSSR count). The van der Waals surface area contributed by atoms with Crippen LogP contribution < -0.4 is 0 Å². The summed E-state index contributed by atoms with van der Waals surface area (Å²) in [5.41, 5.74) is 1.46. The summed E-state index contributed by atoms with van der Waals surface area (Å²) in [4.78, 5) is 0. The van der Waals surface area contributed by atoms with Crippen LogP contribution in [0.1, 0.15) is 52.7 Å². The van der Waals surface area contributed by atoms with Gasteiger partial charge in [0.15, 0.2) is 0 Å².